The van der Waals surface area contributed by atoms with Gasteiger partial charge in [0.05, 0.1) is 13.3 Å². The number of amides is 2. The normalized spacial score (nSPS) is 9.59. The first kappa shape index (κ1) is 13.0. The zero-order chi connectivity index (χ0) is 12.8. The number of hydrogen-bond donors (Lipinski definition) is 1. The monoisotopic (exact) mass is 236 g/mol. The maximum Gasteiger partial charge on any atom is 0.322 e. The quantitative estimate of drug-likeness (QED) is 0.805. The Labute approximate surface area is 100 Å². The molecule has 1 heterocycles. The van der Waals surface area contributed by atoms with Crippen molar-refractivity contribution >= 4 is 11.7 Å². The SMILES string of the molecule is C=C(C)CN(C)C(=O)Nc1cncnc1OC. The minimum Gasteiger partial charge on any atom is -0.479 e. The van der Waals surface area contributed by atoms with Crippen molar-refractivity contribution in [2.45, 2.75) is 6.92 Å². The Morgan fingerprint density at radius 2 is 2.35 bits per heavy atom. The van der Waals surface area contributed by atoms with Crippen LogP contribution in [0.25, 0.3) is 0 Å². The lowest BCUT2D eigenvalue weighted by atomic mass is 10.3. The van der Waals surface area contributed by atoms with Gasteiger partial charge in [-0.05, 0) is 6.92 Å². The first-order valence-electron chi connectivity index (χ1n) is 5.05. The van der Waals surface area contributed by atoms with E-state index in [1.165, 1.54) is 24.5 Å². The van der Waals surface area contributed by atoms with Gasteiger partial charge in [-0.2, -0.15) is 4.98 Å². The number of rotatable bonds is 4. The Morgan fingerprint density at radius 1 is 1.65 bits per heavy atom. The molecule has 92 valence electrons. The molecule has 0 atom stereocenters. The summed E-state index contributed by atoms with van der Waals surface area (Å²) in [6.45, 7) is 6.09. The van der Waals surface area contributed by atoms with E-state index in [0.717, 1.165) is 5.57 Å². The van der Waals surface area contributed by atoms with Crippen molar-refractivity contribution in [3.63, 3.8) is 0 Å². The Balaban J connectivity index is 2.70. The van der Waals surface area contributed by atoms with Crippen LogP contribution in [0.5, 0.6) is 5.88 Å². The summed E-state index contributed by atoms with van der Waals surface area (Å²) >= 11 is 0. The van der Waals surface area contributed by atoms with Gasteiger partial charge in [0.15, 0.2) is 0 Å². The second-order valence-electron chi connectivity index (χ2n) is 3.69. The highest BCUT2D eigenvalue weighted by atomic mass is 16.5. The lowest BCUT2D eigenvalue weighted by Gasteiger charge is -2.18. The number of nitrogens with one attached hydrogen (secondary N) is 1. The maximum atomic E-state index is 11.8. The van der Waals surface area contributed by atoms with Crippen LogP contribution in [0.1, 0.15) is 6.92 Å². The highest BCUT2D eigenvalue weighted by Gasteiger charge is 2.12. The van der Waals surface area contributed by atoms with Crippen molar-refractivity contribution < 1.29 is 9.53 Å². The Kier molecular flexibility index (Phi) is 4.45. The number of nitrogens with zero attached hydrogens (tertiary/aromatic N) is 3. The largest absolute Gasteiger partial charge is 0.479 e. The second kappa shape index (κ2) is 5.83. The minimum absolute atomic E-state index is 0.263. The molecule has 0 aliphatic rings. The molecule has 0 saturated carbocycles. The summed E-state index contributed by atoms with van der Waals surface area (Å²) in [6.07, 6.45) is 2.84. The fourth-order valence-corrected chi connectivity index (χ4v) is 1.25. The predicted molar refractivity (Wildman–Crippen MR) is 65.0 cm³/mol. The van der Waals surface area contributed by atoms with Gasteiger partial charge in [0.1, 0.15) is 12.0 Å². The van der Waals surface area contributed by atoms with E-state index >= 15 is 0 Å². The van der Waals surface area contributed by atoms with E-state index < -0.39 is 0 Å². The summed E-state index contributed by atoms with van der Waals surface area (Å²) < 4.78 is 5.01. The number of ether oxygens (including phenoxy) is 1. The van der Waals surface area contributed by atoms with E-state index in [2.05, 4.69) is 21.9 Å². The van der Waals surface area contributed by atoms with Crippen molar-refractivity contribution in [3.8, 4) is 5.88 Å². The number of carbonyl (C=O) groups excluding carboxylic acids is 1. The molecule has 0 bridgehead atoms. The molecule has 2 amide bonds. The summed E-state index contributed by atoms with van der Waals surface area (Å²) in [5.74, 6) is 0.331. The number of anilines is 1. The van der Waals surface area contributed by atoms with Crippen LogP contribution in [-0.2, 0) is 0 Å². The molecule has 0 radical (unpaired) electrons. The van der Waals surface area contributed by atoms with E-state index in [9.17, 15) is 4.79 Å². The molecular weight excluding hydrogens is 220 g/mol. The van der Waals surface area contributed by atoms with Gasteiger partial charge in [-0.15, -0.1) is 0 Å². The van der Waals surface area contributed by atoms with E-state index in [1.807, 2.05) is 6.92 Å². The third-order valence-corrected chi connectivity index (χ3v) is 1.96. The fraction of sp³-hybridized carbons (Fsp3) is 0.364. The molecule has 17 heavy (non-hydrogen) atoms. The van der Waals surface area contributed by atoms with Crippen LogP contribution in [0.4, 0.5) is 10.5 Å². The Hall–Kier alpha value is -2.11. The van der Waals surface area contributed by atoms with Crippen LogP contribution >= 0.6 is 0 Å². The number of carbonyl (C=O) groups is 1. The molecule has 0 saturated heterocycles. The van der Waals surface area contributed by atoms with Crippen LogP contribution in [-0.4, -0.2) is 41.6 Å². The number of urea groups is 1. The van der Waals surface area contributed by atoms with E-state index in [0.29, 0.717) is 18.1 Å². The van der Waals surface area contributed by atoms with E-state index in [-0.39, 0.29) is 6.03 Å². The van der Waals surface area contributed by atoms with Gasteiger partial charge in [-0.1, -0.05) is 12.2 Å². The molecule has 1 aromatic heterocycles. The zero-order valence-corrected chi connectivity index (χ0v) is 10.2. The van der Waals surface area contributed by atoms with Crippen LogP contribution in [0.3, 0.4) is 0 Å². The van der Waals surface area contributed by atoms with Crippen LogP contribution in [0, 0.1) is 0 Å². The van der Waals surface area contributed by atoms with Crippen LogP contribution in [0.2, 0.25) is 0 Å². The van der Waals surface area contributed by atoms with Gasteiger partial charge in [0.25, 0.3) is 0 Å². The Bertz CT molecular complexity index is 420. The number of hydrogen-bond acceptors (Lipinski definition) is 4. The van der Waals surface area contributed by atoms with Crippen molar-refractivity contribution in [2.75, 3.05) is 26.0 Å². The molecule has 1 rings (SSSR count). The summed E-state index contributed by atoms with van der Waals surface area (Å²) in [5.41, 5.74) is 1.34. The van der Waals surface area contributed by atoms with Gasteiger partial charge in [-0.25, -0.2) is 9.78 Å². The van der Waals surface area contributed by atoms with Gasteiger partial charge >= 0.3 is 6.03 Å². The van der Waals surface area contributed by atoms with Gasteiger partial charge in [0, 0.05) is 13.6 Å². The van der Waals surface area contributed by atoms with Crippen LogP contribution < -0.4 is 10.1 Å². The highest BCUT2D eigenvalue weighted by Crippen LogP contribution is 2.18. The zero-order valence-electron chi connectivity index (χ0n) is 10.2. The summed E-state index contributed by atoms with van der Waals surface area (Å²) in [6, 6.07) is -0.263. The molecule has 0 aliphatic heterocycles. The lowest BCUT2D eigenvalue weighted by Crippen LogP contribution is -2.32. The molecule has 0 unspecified atom stereocenters. The molecule has 6 heteroatoms. The fourth-order valence-electron chi connectivity index (χ4n) is 1.25. The van der Waals surface area contributed by atoms with Gasteiger partial charge < -0.3 is 15.0 Å². The smallest absolute Gasteiger partial charge is 0.322 e. The van der Waals surface area contributed by atoms with Crippen LogP contribution in [0.15, 0.2) is 24.7 Å². The average molecular weight is 236 g/mol. The predicted octanol–water partition coefficient (Wildman–Crippen LogP) is 1.52. The van der Waals surface area contributed by atoms with Gasteiger partial charge in [0.2, 0.25) is 5.88 Å². The number of likely N-dealkylation sites (N-methyl/N-ethyl adjacent to an activating group) is 1. The third kappa shape index (κ3) is 3.75. The first-order chi connectivity index (χ1) is 8.04. The number of methoxy groups -OCH3 is 1. The molecule has 0 fully saturated rings. The molecule has 1 aromatic rings. The topological polar surface area (TPSA) is 67.4 Å². The summed E-state index contributed by atoms with van der Waals surface area (Å²) in [5, 5.41) is 2.66. The van der Waals surface area contributed by atoms with Crippen molar-refractivity contribution in [3.05, 3.63) is 24.7 Å². The standard InChI is InChI=1S/C11H16N4O2/c1-8(2)6-15(3)11(16)14-9-5-12-7-13-10(9)17-4/h5,7H,1,6H2,2-4H3,(H,14,16). The van der Waals surface area contributed by atoms with Crippen molar-refractivity contribution in [2.24, 2.45) is 0 Å². The molecule has 0 aromatic carbocycles. The van der Waals surface area contributed by atoms with E-state index in [1.54, 1.807) is 7.05 Å². The van der Waals surface area contributed by atoms with E-state index in [4.69, 9.17) is 4.74 Å². The minimum atomic E-state index is -0.263. The molecule has 0 spiro atoms. The Morgan fingerprint density at radius 3 is 2.94 bits per heavy atom. The van der Waals surface area contributed by atoms with Crippen molar-refractivity contribution in [1.82, 2.24) is 14.9 Å². The maximum absolute atomic E-state index is 11.8. The average Bonchev–Trinajstić information content (AvgIpc) is 2.28. The van der Waals surface area contributed by atoms with Gasteiger partial charge in [-0.3, -0.25) is 0 Å². The third-order valence-electron chi connectivity index (χ3n) is 1.96. The second-order valence-corrected chi connectivity index (χ2v) is 3.69. The molecule has 6 nitrogen and oxygen atoms in total. The highest BCUT2D eigenvalue weighted by molar-refractivity contribution is 5.90. The lowest BCUT2D eigenvalue weighted by molar-refractivity contribution is 0.225. The molecular formula is C11H16N4O2. The van der Waals surface area contributed by atoms with Crippen molar-refractivity contribution in [1.29, 1.82) is 0 Å². The first-order valence-corrected chi connectivity index (χ1v) is 5.05. The summed E-state index contributed by atoms with van der Waals surface area (Å²) in [4.78, 5) is 21.0. The molecule has 1 N–H and O–H groups in total. The summed E-state index contributed by atoms with van der Waals surface area (Å²) in [7, 11) is 3.16. The molecule has 0 aliphatic carbocycles. The number of aromatic nitrogens is 2.